The van der Waals surface area contributed by atoms with Gasteiger partial charge < -0.3 is 20.1 Å². The van der Waals surface area contributed by atoms with Crippen molar-refractivity contribution in [1.29, 1.82) is 0 Å². The van der Waals surface area contributed by atoms with Crippen LogP contribution in [0.15, 0.2) is 16.8 Å². The molecule has 0 radical (unpaired) electrons. The van der Waals surface area contributed by atoms with Crippen LogP contribution in [0.5, 0.6) is 0 Å². The number of β-amino-alcohol motifs (C(OH)–C–C–N with tert-alkyl or cyclic N) is 1. The van der Waals surface area contributed by atoms with Crippen LogP contribution >= 0.6 is 11.3 Å². The molecule has 3 rings (SSSR count). The Hall–Kier alpha value is -0.950. The van der Waals surface area contributed by atoms with E-state index in [1.807, 2.05) is 23.3 Å². The van der Waals surface area contributed by atoms with E-state index in [1.165, 1.54) is 0 Å². The third kappa shape index (κ3) is 2.88. The first kappa shape index (κ1) is 14.0. The molecule has 3 heterocycles. The fourth-order valence-corrected chi connectivity index (χ4v) is 3.60. The lowest BCUT2D eigenvalue weighted by molar-refractivity contribution is -0.146. The second kappa shape index (κ2) is 5.81. The predicted octanol–water partition coefficient (Wildman–Crippen LogP) is 0.759. The lowest BCUT2D eigenvalue weighted by Gasteiger charge is -2.37. The van der Waals surface area contributed by atoms with Gasteiger partial charge in [0.1, 0.15) is 6.10 Å². The second-order valence-electron chi connectivity index (χ2n) is 5.59. The van der Waals surface area contributed by atoms with Gasteiger partial charge in [0.05, 0.1) is 24.8 Å². The zero-order chi connectivity index (χ0) is 14.1. The van der Waals surface area contributed by atoms with Crippen molar-refractivity contribution in [3.05, 3.63) is 22.4 Å². The number of carbonyl (C=O) groups is 1. The molecule has 2 aliphatic heterocycles. The van der Waals surface area contributed by atoms with E-state index in [1.54, 1.807) is 11.3 Å². The second-order valence-corrected chi connectivity index (χ2v) is 6.37. The van der Waals surface area contributed by atoms with Gasteiger partial charge >= 0.3 is 0 Å². The first-order valence-electron chi connectivity index (χ1n) is 7.01. The van der Waals surface area contributed by atoms with Crippen molar-refractivity contribution in [2.24, 2.45) is 0 Å². The number of morpholine rings is 1. The number of hydrogen-bond donors (Lipinski definition) is 2. The number of aliphatic hydroxyl groups is 1. The number of rotatable bonds is 2. The maximum atomic E-state index is 12.5. The molecule has 0 aromatic carbocycles. The molecule has 1 aromatic heterocycles. The summed E-state index contributed by atoms with van der Waals surface area (Å²) in [6, 6.07) is 1.80. The molecule has 6 heteroatoms. The largest absolute Gasteiger partial charge is 0.392 e. The summed E-state index contributed by atoms with van der Waals surface area (Å²) < 4.78 is 5.94. The summed E-state index contributed by atoms with van der Waals surface area (Å²) in [4.78, 5) is 14.4. The van der Waals surface area contributed by atoms with Crippen LogP contribution in [0.2, 0.25) is 0 Å². The summed E-state index contributed by atoms with van der Waals surface area (Å²) >= 11 is 1.64. The van der Waals surface area contributed by atoms with Crippen molar-refractivity contribution in [1.82, 2.24) is 10.2 Å². The SMILES string of the molecule is CC1CN(C(=O)C2CC(O)CN2)CC(c2ccsc2)O1. The van der Waals surface area contributed by atoms with E-state index >= 15 is 0 Å². The van der Waals surface area contributed by atoms with Crippen molar-refractivity contribution in [2.75, 3.05) is 19.6 Å². The van der Waals surface area contributed by atoms with E-state index in [-0.39, 0.29) is 24.2 Å². The molecule has 20 heavy (non-hydrogen) atoms. The Balaban J connectivity index is 1.68. The first-order chi connectivity index (χ1) is 9.63. The number of thiophene rings is 1. The topological polar surface area (TPSA) is 61.8 Å². The van der Waals surface area contributed by atoms with E-state index in [9.17, 15) is 9.90 Å². The molecule has 5 nitrogen and oxygen atoms in total. The van der Waals surface area contributed by atoms with Crippen molar-refractivity contribution in [3.8, 4) is 0 Å². The highest BCUT2D eigenvalue weighted by Crippen LogP contribution is 2.27. The third-order valence-corrected chi connectivity index (χ3v) is 4.59. The number of ether oxygens (including phenoxy) is 1. The van der Waals surface area contributed by atoms with Crippen LogP contribution in [-0.4, -0.2) is 53.8 Å². The van der Waals surface area contributed by atoms with Crippen molar-refractivity contribution >= 4 is 17.2 Å². The minimum atomic E-state index is -0.407. The summed E-state index contributed by atoms with van der Waals surface area (Å²) in [7, 11) is 0. The highest BCUT2D eigenvalue weighted by Gasteiger charge is 2.35. The van der Waals surface area contributed by atoms with Gasteiger partial charge in [-0.05, 0) is 35.7 Å². The van der Waals surface area contributed by atoms with E-state index in [0.29, 0.717) is 26.1 Å². The van der Waals surface area contributed by atoms with Crippen LogP contribution < -0.4 is 5.32 Å². The van der Waals surface area contributed by atoms with E-state index in [0.717, 1.165) is 5.56 Å². The van der Waals surface area contributed by atoms with Gasteiger partial charge in [-0.15, -0.1) is 0 Å². The normalized spacial score (nSPS) is 34.4. The van der Waals surface area contributed by atoms with Gasteiger partial charge in [-0.25, -0.2) is 0 Å². The van der Waals surface area contributed by atoms with E-state index in [2.05, 4.69) is 10.7 Å². The minimum Gasteiger partial charge on any atom is -0.392 e. The Morgan fingerprint density at radius 1 is 1.55 bits per heavy atom. The monoisotopic (exact) mass is 296 g/mol. The lowest BCUT2D eigenvalue weighted by atomic mass is 10.1. The average molecular weight is 296 g/mol. The van der Waals surface area contributed by atoms with E-state index in [4.69, 9.17) is 4.74 Å². The molecule has 2 N–H and O–H groups in total. The quantitative estimate of drug-likeness (QED) is 0.846. The number of hydrogen-bond acceptors (Lipinski definition) is 5. The van der Waals surface area contributed by atoms with Gasteiger partial charge in [0.15, 0.2) is 0 Å². The molecule has 4 atom stereocenters. The predicted molar refractivity (Wildman–Crippen MR) is 76.6 cm³/mol. The number of aliphatic hydroxyl groups excluding tert-OH is 1. The van der Waals surface area contributed by atoms with Crippen LogP contribution in [0, 0.1) is 0 Å². The van der Waals surface area contributed by atoms with Gasteiger partial charge in [-0.2, -0.15) is 11.3 Å². The van der Waals surface area contributed by atoms with E-state index < -0.39 is 6.10 Å². The Morgan fingerprint density at radius 3 is 3.05 bits per heavy atom. The molecule has 0 bridgehead atoms. The summed E-state index contributed by atoms with van der Waals surface area (Å²) in [6.45, 7) is 3.71. The van der Waals surface area contributed by atoms with Crippen molar-refractivity contribution in [2.45, 2.75) is 37.7 Å². The van der Waals surface area contributed by atoms with Gasteiger partial charge in [0.2, 0.25) is 5.91 Å². The molecule has 0 aliphatic carbocycles. The van der Waals surface area contributed by atoms with Crippen molar-refractivity contribution < 1.29 is 14.6 Å². The number of nitrogens with one attached hydrogen (secondary N) is 1. The molecule has 4 unspecified atom stereocenters. The Morgan fingerprint density at radius 2 is 2.40 bits per heavy atom. The summed E-state index contributed by atoms with van der Waals surface area (Å²) in [5, 5.41) is 16.7. The molecule has 0 spiro atoms. The summed E-state index contributed by atoms with van der Waals surface area (Å²) in [5.41, 5.74) is 1.14. The molecular formula is C14H20N2O3S. The first-order valence-corrected chi connectivity index (χ1v) is 7.95. The molecule has 110 valence electrons. The molecule has 0 saturated carbocycles. The van der Waals surface area contributed by atoms with Crippen LogP contribution in [0.1, 0.15) is 25.0 Å². The van der Waals surface area contributed by atoms with Gasteiger partial charge in [-0.1, -0.05) is 0 Å². The third-order valence-electron chi connectivity index (χ3n) is 3.89. The molecule has 2 saturated heterocycles. The van der Waals surface area contributed by atoms with Crippen LogP contribution in [0.25, 0.3) is 0 Å². The van der Waals surface area contributed by atoms with Crippen LogP contribution in [-0.2, 0) is 9.53 Å². The Labute approximate surface area is 122 Å². The maximum absolute atomic E-state index is 12.5. The number of nitrogens with zero attached hydrogens (tertiary/aromatic N) is 1. The molecule has 1 aromatic rings. The molecule has 1 amide bonds. The van der Waals surface area contributed by atoms with Gasteiger partial charge in [-0.3, -0.25) is 4.79 Å². The molecular weight excluding hydrogens is 276 g/mol. The Kier molecular flexibility index (Phi) is 4.07. The fraction of sp³-hybridized carbons (Fsp3) is 0.643. The van der Waals surface area contributed by atoms with Crippen molar-refractivity contribution in [3.63, 3.8) is 0 Å². The van der Waals surface area contributed by atoms with Crippen LogP contribution in [0.4, 0.5) is 0 Å². The summed E-state index contributed by atoms with van der Waals surface area (Å²) in [6.07, 6.45) is 0.0903. The smallest absolute Gasteiger partial charge is 0.240 e. The zero-order valence-corrected chi connectivity index (χ0v) is 12.3. The lowest BCUT2D eigenvalue weighted by Crippen LogP contribution is -2.51. The molecule has 2 fully saturated rings. The van der Waals surface area contributed by atoms with Gasteiger partial charge in [0.25, 0.3) is 0 Å². The Bertz CT molecular complexity index is 465. The maximum Gasteiger partial charge on any atom is 0.240 e. The average Bonchev–Trinajstić information content (AvgIpc) is 3.08. The van der Waals surface area contributed by atoms with Gasteiger partial charge in [0, 0.05) is 13.1 Å². The minimum absolute atomic E-state index is 0.0314. The highest BCUT2D eigenvalue weighted by molar-refractivity contribution is 7.07. The highest BCUT2D eigenvalue weighted by atomic mass is 32.1. The number of amides is 1. The number of carbonyl (C=O) groups excluding carboxylic acids is 1. The summed E-state index contributed by atoms with van der Waals surface area (Å²) in [5.74, 6) is 0.0805. The van der Waals surface area contributed by atoms with Crippen LogP contribution in [0.3, 0.4) is 0 Å². The fourth-order valence-electron chi connectivity index (χ4n) is 2.90. The zero-order valence-electron chi connectivity index (χ0n) is 11.5. The molecule has 2 aliphatic rings. The standard InChI is InChI=1S/C14H20N2O3S/c1-9-6-16(14(18)12-4-11(17)5-15-12)7-13(19-9)10-2-3-20-8-10/h2-3,8-9,11-13,15,17H,4-7H2,1H3.